The molecule has 6 atom stereocenters. The zero-order chi connectivity index (χ0) is 10.4. The van der Waals surface area contributed by atoms with Crippen LogP contribution in [-0.2, 0) is 9.59 Å². The van der Waals surface area contributed by atoms with Crippen molar-refractivity contribution in [3.05, 3.63) is 0 Å². The molecular formula is C13H18O2. The van der Waals surface area contributed by atoms with E-state index in [1.165, 1.54) is 19.1 Å². The van der Waals surface area contributed by atoms with Gasteiger partial charge in [-0.15, -0.1) is 0 Å². The minimum absolute atomic E-state index is 0.320. The first-order valence-electron chi connectivity index (χ1n) is 6.24. The summed E-state index contributed by atoms with van der Waals surface area (Å²) in [5.74, 6) is 3.65. The molecule has 0 aromatic heterocycles. The van der Waals surface area contributed by atoms with E-state index in [0.29, 0.717) is 17.8 Å². The van der Waals surface area contributed by atoms with E-state index in [1.54, 1.807) is 0 Å². The molecule has 0 N–H and O–H groups in total. The van der Waals surface area contributed by atoms with Crippen LogP contribution in [-0.4, -0.2) is 12.6 Å². The molecule has 0 amide bonds. The van der Waals surface area contributed by atoms with Gasteiger partial charge in [-0.25, -0.2) is 0 Å². The lowest BCUT2D eigenvalue weighted by molar-refractivity contribution is -0.116. The molecule has 0 aromatic rings. The summed E-state index contributed by atoms with van der Waals surface area (Å²) in [6.45, 7) is 0. The molecule has 6 unspecified atom stereocenters. The second-order valence-corrected chi connectivity index (χ2v) is 5.73. The Bertz CT molecular complexity index is 286. The predicted molar refractivity (Wildman–Crippen MR) is 56.2 cm³/mol. The largest absolute Gasteiger partial charge is 0.303 e. The first-order valence-corrected chi connectivity index (χ1v) is 6.24. The van der Waals surface area contributed by atoms with Crippen molar-refractivity contribution >= 4 is 12.6 Å². The standard InChI is InChI=1S/C13H18O2/c14-6-8-1-2-11-12(3-8)9-4-10(7-15)13(11)5-9/h6-13H,1-5H2. The molecule has 82 valence electrons. The maximum absolute atomic E-state index is 10.9. The quantitative estimate of drug-likeness (QED) is 0.648. The van der Waals surface area contributed by atoms with Gasteiger partial charge in [0, 0.05) is 11.8 Å². The predicted octanol–water partition coefficient (Wildman–Crippen LogP) is 2.07. The molecule has 2 nitrogen and oxygen atoms in total. The number of hydrogen-bond acceptors (Lipinski definition) is 2. The highest BCUT2D eigenvalue weighted by Crippen LogP contribution is 2.59. The van der Waals surface area contributed by atoms with Crippen molar-refractivity contribution in [2.45, 2.75) is 32.1 Å². The molecule has 3 aliphatic rings. The molecule has 3 rings (SSSR count). The van der Waals surface area contributed by atoms with Crippen LogP contribution in [0.1, 0.15) is 32.1 Å². The summed E-state index contributed by atoms with van der Waals surface area (Å²) in [5, 5.41) is 0. The van der Waals surface area contributed by atoms with E-state index in [1.807, 2.05) is 0 Å². The second kappa shape index (κ2) is 3.43. The zero-order valence-electron chi connectivity index (χ0n) is 8.97. The normalized spacial score (nSPS) is 52.5. The van der Waals surface area contributed by atoms with Crippen molar-refractivity contribution in [1.29, 1.82) is 0 Å². The summed E-state index contributed by atoms with van der Waals surface area (Å²) in [7, 11) is 0. The molecule has 3 aliphatic carbocycles. The van der Waals surface area contributed by atoms with Crippen LogP contribution >= 0.6 is 0 Å². The van der Waals surface area contributed by atoms with Crippen molar-refractivity contribution in [2.24, 2.45) is 35.5 Å². The van der Waals surface area contributed by atoms with Gasteiger partial charge in [-0.3, -0.25) is 0 Å². The summed E-state index contributed by atoms with van der Waals surface area (Å²) < 4.78 is 0. The highest BCUT2D eigenvalue weighted by molar-refractivity contribution is 5.56. The van der Waals surface area contributed by atoms with Gasteiger partial charge in [-0.05, 0) is 55.8 Å². The van der Waals surface area contributed by atoms with Crippen LogP contribution < -0.4 is 0 Å². The first-order chi connectivity index (χ1) is 7.33. The summed E-state index contributed by atoms with van der Waals surface area (Å²) >= 11 is 0. The number of hydrogen-bond donors (Lipinski definition) is 0. The van der Waals surface area contributed by atoms with Gasteiger partial charge in [-0.2, -0.15) is 0 Å². The van der Waals surface area contributed by atoms with Gasteiger partial charge in [0.15, 0.2) is 0 Å². The van der Waals surface area contributed by atoms with E-state index in [9.17, 15) is 9.59 Å². The smallest absolute Gasteiger partial charge is 0.123 e. The Labute approximate surface area is 90.4 Å². The van der Waals surface area contributed by atoms with Gasteiger partial charge in [0.2, 0.25) is 0 Å². The molecular weight excluding hydrogens is 188 g/mol. The van der Waals surface area contributed by atoms with E-state index < -0.39 is 0 Å². The Hall–Kier alpha value is -0.660. The van der Waals surface area contributed by atoms with Gasteiger partial charge in [0.1, 0.15) is 12.6 Å². The van der Waals surface area contributed by atoms with Crippen LogP contribution in [0.2, 0.25) is 0 Å². The molecule has 2 heteroatoms. The lowest BCUT2D eigenvalue weighted by Crippen LogP contribution is -2.34. The Morgan fingerprint density at radius 3 is 2.40 bits per heavy atom. The number of carbonyl (C=O) groups excluding carboxylic acids is 2. The van der Waals surface area contributed by atoms with Gasteiger partial charge in [0.05, 0.1) is 0 Å². The van der Waals surface area contributed by atoms with Gasteiger partial charge in [-0.1, -0.05) is 0 Å². The molecule has 0 heterocycles. The van der Waals surface area contributed by atoms with E-state index >= 15 is 0 Å². The third-order valence-electron chi connectivity index (χ3n) is 5.22. The van der Waals surface area contributed by atoms with Gasteiger partial charge >= 0.3 is 0 Å². The SMILES string of the molecule is O=CC1CCC2C3CC(CC3C=O)C2C1. The molecule has 3 fully saturated rings. The highest BCUT2D eigenvalue weighted by atomic mass is 16.1. The molecule has 0 radical (unpaired) electrons. The third-order valence-corrected chi connectivity index (χ3v) is 5.22. The number of fused-ring (bicyclic) bond motifs is 5. The molecule has 0 spiro atoms. The van der Waals surface area contributed by atoms with Crippen LogP contribution in [0.25, 0.3) is 0 Å². The Morgan fingerprint density at radius 1 is 0.800 bits per heavy atom. The lowest BCUT2D eigenvalue weighted by Gasteiger charge is -2.39. The van der Waals surface area contributed by atoms with E-state index in [2.05, 4.69) is 0 Å². The number of rotatable bonds is 2. The fourth-order valence-corrected chi connectivity index (χ4v) is 4.60. The monoisotopic (exact) mass is 206 g/mol. The summed E-state index contributed by atoms with van der Waals surface area (Å²) in [5.41, 5.74) is 0. The van der Waals surface area contributed by atoms with E-state index in [-0.39, 0.29) is 0 Å². The summed E-state index contributed by atoms with van der Waals surface area (Å²) in [6, 6.07) is 0. The van der Waals surface area contributed by atoms with Gasteiger partial charge < -0.3 is 9.59 Å². The van der Waals surface area contributed by atoms with Crippen molar-refractivity contribution in [3.63, 3.8) is 0 Å². The molecule has 3 saturated carbocycles. The Balaban J connectivity index is 1.77. The molecule has 0 aromatic carbocycles. The second-order valence-electron chi connectivity index (χ2n) is 5.73. The maximum Gasteiger partial charge on any atom is 0.123 e. The fraction of sp³-hybridized carbons (Fsp3) is 0.846. The zero-order valence-corrected chi connectivity index (χ0v) is 8.97. The molecule has 15 heavy (non-hydrogen) atoms. The minimum atomic E-state index is 0.320. The van der Waals surface area contributed by atoms with Crippen LogP contribution in [0.15, 0.2) is 0 Å². The minimum Gasteiger partial charge on any atom is -0.303 e. The number of aldehydes is 2. The fourth-order valence-electron chi connectivity index (χ4n) is 4.60. The van der Waals surface area contributed by atoms with Gasteiger partial charge in [0.25, 0.3) is 0 Å². The van der Waals surface area contributed by atoms with Crippen molar-refractivity contribution in [2.75, 3.05) is 0 Å². The van der Waals surface area contributed by atoms with Crippen molar-refractivity contribution in [3.8, 4) is 0 Å². The van der Waals surface area contributed by atoms with Crippen molar-refractivity contribution < 1.29 is 9.59 Å². The third kappa shape index (κ3) is 1.30. The van der Waals surface area contributed by atoms with E-state index in [4.69, 9.17) is 0 Å². The Morgan fingerprint density at radius 2 is 1.67 bits per heavy atom. The van der Waals surface area contributed by atoms with E-state index in [0.717, 1.165) is 43.3 Å². The average Bonchev–Trinajstić information content (AvgIpc) is 2.86. The first kappa shape index (κ1) is 9.56. The molecule has 2 bridgehead atoms. The van der Waals surface area contributed by atoms with Crippen molar-refractivity contribution in [1.82, 2.24) is 0 Å². The van der Waals surface area contributed by atoms with Crippen LogP contribution in [0.3, 0.4) is 0 Å². The highest BCUT2D eigenvalue weighted by Gasteiger charge is 2.53. The molecule has 0 aliphatic heterocycles. The van der Waals surface area contributed by atoms with Crippen LogP contribution in [0.5, 0.6) is 0 Å². The topological polar surface area (TPSA) is 34.1 Å². The average molecular weight is 206 g/mol. The summed E-state index contributed by atoms with van der Waals surface area (Å²) in [4.78, 5) is 21.8. The maximum atomic E-state index is 10.9. The Kier molecular flexibility index (Phi) is 2.18. The molecule has 0 saturated heterocycles. The van der Waals surface area contributed by atoms with Crippen LogP contribution in [0, 0.1) is 35.5 Å². The number of carbonyl (C=O) groups is 2. The van der Waals surface area contributed by atoms with Crippen LogP contribution in [0.4, 0.5) is 0 Å². The summed E-state index contributed by atoms with van der Waals surface area (Å²) in [6.07, 6.45) is 8.09. The lowest BCUT2D eigenvalue weighted by atomic mass is 9.65.